The third-order valence-corrected chi connectivity index (χ3v) is 3.34. The number of carbonyl (C=O) groups excluding carboxylic acids is 2. The van der Waals surface area contributed by atoms with Crippen LogP contribution in [0, 0.1) is 11.8 Å². The fraction of sp³-hybridized carbons (Fsp3) is 0.857. The predicted molar refractivity (Wildman–Crippen MR) is 70.4 cm³/mol. The Morgan fingerprint density at radius 2 is 1.83 bits per heavy atom. The van der Waals surface area contributed by atoms with Crippen molar-refractivity contribution in [3.63, 3.8) is 0 Å². The lowest BCUT2D eigenvalue weighted by Gasteiger charge is -2.30. The molecule has 0 bridgehead atoms. The van der Waals surface area contributed by atoms with Crippen molar-refractivity contribution < 1.29 is 14.3 Å². The number of hydrogen-bond acceptors (Lipinski definition) is 3. The summed E-state index contributed by atoms with van der Waals surface area (Å²) < 4.78 is 5.19. The molecule has 4 nitrogen and oxygen atoms in total. The van der Waals surface area contributed by atoms with E-state index in [1.54, 1.807) is 6.92 Å². The number of ether oxygens (including phenoxy) is 1. The van der Waals surface area contributed by atoms with Gasteiger partial charge in [0.25, 0.3) is 0 Å². The van der Waals surface area contributed by atoms with Crippen molar-refractivity contribution in [3.05, 3.63) is 0 Å². The van der Waals surface area contributed by atoms with Crippen molar-refractivity contribution in [1.29, 1.82) is 0 Å². The molecule has 1 rings (SSSR count). The standard InChI is InChI=1S/C14H25NO3/c1-10(16)12-8-6-5-7-11(12)9-15-13(17)18-14(2,3)4/h11-12H,5-9H2,1-4H3,(H,15,17)/t11-,12+/m0/s1. The van der Waals surface area contributed by atoms with Gasteiger partial charge in [-0.25, -0.2) is 4.79 Å². The van der Waals surface area contributed by atoms with Gasteiger partial charge in [0, 0.05) is 12.5 Å². The molecule has 18 heavy (non-hydrogen) atoms. The molecule has 0 unspecified atom stereocenters. The second-order valence-electron chi connectivity index (χ2n) is 6.14. The third-order valence-electron chi connectivity index (χ3n) is 3.34. The Labute approximate surface area is 109 Å². The minimum atomic E-state index is -0.476. The van der Waals surface area contributed by atoms with E-state index in [1.165, 1.54) is 0 Å². The molecule has 0 saturated heterocycles. The van der Waals surface area contributed by atoms with Gasteiger partial charge >= 0.3 is 6.09 Å². The van der Waals surface area contributed by atoms with Gasteiger partial charge in [-0.2, -0.15) is 0 Å². The van der Waals surface area contributed by atoms with Gasteiger partial charge in [0.1, 0.15) is 11.4 Å². The molecule has 1 aliphatic rings. The molecule has 2 atom stereocenters. The first-order valence-corrected chi connectivity index (χ1v) is 6.77. The minimum Gasteiger partial charge on any atom is -0.444 e. The Hall–Kier alpha value is -1.06. The van der Waals surface area contributed by atoms with Gasteiger partial charge in [0.2, 0.25) is 0 Å². The molecule has 4 heteroatoms. The van der Waals surface area contributed by atoms with E-state index in [9.17, 15) is 9.59 Å². The molecule has 104 valence electrons. The van der Waals surface area contributed by atoms with Crippen molar-refractivity contribution in [3.8, 4) is 0 Å². The molecular weight excluding hydrogens is 230 g/mol. The van der Waals surface area contributed by atoms with Crippen LogP contribution in [0.5, 0.6) is 0 Å². The highest BCUT2D eigenvalue weighted by Gasteiger charge is 2.29. The molecule has 1 N–H and O–H groups in total. The summed E-state index contributed by atoms with van der Waals surface area (Å²) in [6, 6.07) is 0. The van der Waals surface area contributed by atoms with E-state index in [1.807, 2.05) is 20.8 Å². The largest absolute Gasteiger partial charge is 0.444 e. The first kappa shape index (κ1) is 15.0. The Morgan fingerprint density at radius 3 is 2.39 bits per heavy atom. The summed E-state index contributed by atoms with van der Waals surface area (Å²) in [5, 5.41) is 2.78. The van der Waals surface area contributed by atoms with Crippen molar-refractivity contribution in [1.82, 2.24) is 5.32 Å². The summed E-state index contributed by atoms with van der Waals surface area (Å²) in [6.07, 6.45) is 3.84. The molecule has 0 heterocycles. The summed E-state index contributed by atoms with van der Waals surface area (Å²) in [7, 11) is 0. The van der Waals surface area contributed by atoms with Gasteiger partial charge in [0.15, 0.2) is 0 Å². The van der Waals surface area contributed by atoms with Crippen LogP contribution in [0.3, 0.4) is 0 Å². The van der Waals surface area contributed by atoms with E-state index < -0.39 is 11.7 Å². The van der Waals surface area contributed by atoms with Crippen LogP contribution in [0.4, 0.5) is 4.79 Å². The summed E-state index contributed by atoms with van der Waals surface area (Å²) in [5.41, 5.74) is -0.476. The zero-order valence-electron chi connectivity index (χ0n) is 11.9. The molecule has 1 saturated carbocycles. The molecule has 0 spiro atoms. The molecule has 0 aromatic carbocycles. The van der Waals surface area contributed by atoms with E-state index in [4.69, 9.17) is 4.74 Å². The number of alkyl carbamates (subject to hydrolysis) is 1. The lowest BCUT2D eigenvalue weighted by molar-refractivity contribution is -0.123. The molecule has 0 aliphatic heterocycles. The second-order valence-corrected chi connectivity index (χ2v) is 6.14. The molecular formula is C14H25NO3. The average Bonchev–Trinajstić information content (AvgIpc) is 2.24. The zero-order valence-corrected chi connectivity index (χ0v) is 11.9. The maximum Gasteiger partial charge on any atom is 0.407 e. The molecule has 0 radical (unpaired) electrons. The lowest BCUT2D eigenvalue weighted by atomic mass is 9.77. The SMILES string of the molecule is CC(=O)[C@H]1CCCC[C@H]1CNC(=O)OC(C)(C)C. The van der Waals surface area contributed by atoms with Gasteiger partial charge in [-0.1, -0.05) is 12.8 Å². The molecule has 0 aromatic heterocycles. The maximum absolute atomic E-state index is 11.6. The topological polar surface area (TPSA) is 55.4 Å². The lowest BCUT2D eigenvalue weighted by Crippen LogP contribution is -2.39. The van der Waals surface area contributed by atoms with Crippen LogP contribution < -0.4 is 5.32 Å². The first-order valence-electron chi connectivity index (χ1n) is 6.77. The van der Waals surface area contributed by atoms with E-state index in [0.717, 1.165) is 25.7 Å². The average molecular weight is 255 g/mol. The zero-order chi connectivity index (χ0) is 13.8. The van der Waals surface area contributed by atoms with Gasteiger partial charge in [0.05, 0.1) is 0 Å². The van der Waals surface area contributed by atoms with Crippen LogP contribution in [0.1, 0.15) is 53.4 Å². The second kappa shape index (κ2) is 6.21. The van der Waals surface area contributed by atoms with E-state index in [-0.39, 0.29) is 17.6 Å². The van der Waals surface area contributed by atoms with Crippen LogP contribution in [0.2, 0.25) is 0 Å². The number of carbonyl (C=O) groups is 2. The highest BCUT2D eigenvalue weighted by atomic mass is 16.6. The summed E-state index contributed by atoms with van der Waals surface area (Å²) in [6.45, 7) is 7.71. The van der Waals surface area contributed by atoms with Crippen LogP contribution in [-0.4, -0.2) is 24.0 Å². The third kappa shape index (κ3) is 5.07. The molecule has 1 fully saturated rings. The number of amides is 1. The quantitative estimate of drug-likeness (QED) is 0.843. The first-order chi connectivity index (χ1) is 8.29. The van der Waals surface area contributed by atoms with Crippen molar-refractivity contribution in [2.45, 2.75) is 59.0 Å². The summed E-state index contributed by atoms with van der Waals surface area (Å²) >= 11 is 0. The van der Waals surface area contributed by atoms with Gasteiger partial charge < -0.3 is 10.1 Å². The van der Waals surface area contributed by atoms with Crippen LogP contribution in [-0.2, 0) is 9.53 Å². The number of rotatable bonds is 3. The smallest absolute Gasteiger partial charge is 0.407 e. The van der Waals surface area contributed by atoms with Gasteiger partial charge in [-0.15, -0.1) is 0 Å². The number of nitrogens with one attached hydrogen (secondary N) is 1. The Morgan fingerprint density at radius 1 is 1.22 bits per heavy atom. The molecule has 0 aromatic rings. The maximum atomic E-state index is 11.6. The van der Waals surface area contributed by atoms with Crippen LogP contribution in [0.25, 0.3) is 0 Å². The molecule has 1 amide bonds. The van der Waals surface area contributed by atoms with Crippen LogP contribution in [0.15, 0.2) is 0 Å². The van der Waals surface area contributed by atoms with Crippen molar-refractivity contribution >= 4 is 11.9 Å². The van der Waals surface area contributed by atoms with E-state index in [0.29, 0.717) is 6.54 Å². The van der Waals surface area contributed by atoms with Gasteiger partial charge in [-0.05, 0) is 46.5 Å². The van der Waals surface area contributed by atoms with Gasteiger partial charge in [-0.3, -0.25) is 4.79 Å². The number of Topliss-reactive ketones (excluding diaryl/α,β-unsaturated/α-hetero) is 1. The van der Waals surface area contributed by atoms with Crippen LogP contribution >= 0.6 is 0 Å². The minimum absolute atomic E-state index is 0.105. The van der Waals surface area contributed by atoms with Crippen molar-refractivity contribution in [2.75, 3.05) is 6.54 Å². The molecule has 1 aliphatic carbocycles. The van der Waals surface area contributed by atoms with E-state index in [2.05, 4.69) is 5.32 Å². The Bertz CT molecular complexity index is 307. The number of ketones is 1. The fourth-order valence-corrected chi connectivity index (χ4v) is 2.52. The van der Waals surface area contributed by atoms with E-state index >= 15 is 0 Å². The summed E-state index contributed by atoms with van der Waals surface area (Å²) in [5.74, 6) is 0.614. The summed E-state index contributed by atoms with van der Waals surface area (Å²) in [4.78, 5) is 23.1. The highest BCUT2D eigenvalue weighted by Crippen LogP contribution is 2.30. The Kier molecular flexibility index (Phi) is 5.17. The predicted octanol–water partition coefficient (Wildman–Crippen LogP) is 2.91. The van der Waals surface area contributed by atoms with Crippen molar-refractivity contribution in [2.24, 2.45) is 11.8 Å². The normalized spacial score (nSPS) is 24.4. The monoisotopic (exact) mass is 255 g/mol. The fourth-order valence-electron chi connectivity index (χ4n) is 2.52. The highest BCUT2D eigenvalue weighted by molar-refractivity contribution is 5.78. The number of hydrogen-bond donors (Lipinski definition) is 1. The Balaban J connectivity index is 2.41.